The Morgan fingerprint density at radius 3 is 2.67 bits per heavy atom. The number of para-hydroxylation sites is 1. The minimum Gasteiger partial charge on any atom is -0.467 e. The molecule has 1 aromatic heterocycles. The van der Waals surface area contributed by atoms with Gasteiger partial charge in [-0.15, -0.1) is 0 Å². The molecular formula is C23H25N5O5. The van der Waals surface area contributed by atoms with Crippen molar-refractivity contribution in [1.29, 1.82) is 0 Å². The Bertz CT molecular complexity index is 1180. The number of hydrogen-bond donors (Lipinski definition) is 3. The van der Waals surface area contributed by atoms with Gasteiger partial charge in [-0.25, -0.2) is 19.6 Å². The maximum atomic E-state index is 12.4. The van der Waals surface area contributed by atoms with Gasteiger partial charge in [-0.2, -0.15) is 0 Å². The molecule has 3 aromatic rings. The molecular weight excluding hydrogens is 426 g/mol. The van der Waals surface area contributed by atoms with Crippen LogP contribution in [0, 0.1) is 5.92 Å². The number of rotatable bonds is 7. The number of ether oxygens (including phenoxy) is 3. The van der Waals surface area contributed by atoms with Crippen molar-refractivity contribution < 1.29 is 23.8 Å². The predicted octanol–water partition coefficient (Wildman–Crippen LogP) is 3.29. The summed E-state index contributed by atoms with van der Waals surface area (Å²) in [4.78, 5) is 33.7. The number of nitrogens with one attached hydrogen (secondary N) is 3. The Hall–Kier alpha value is -4.08. The number of anilines is 2. The number of hydrogen-bond acceptors (Lipinski definition) is 8. The normalized spacial score (nSPS) is 13.0. The molecule has 10 heteroatoms. The maximum absolute atomic E-state index is 12.4. The molecule has 0 spiro atoms. The third-order valence-electron chi connectivity index (χ3n) is 5.10. The fraction of sp³-hybridized carbons (Fsp3) is 0.304. The zero-order valence-electron chi connectivity index (χ0n) is 18.5. The van der Waals surface area contributed by atoms with E-state index in [1.165, 1.54) is 7.11 Å². The Morgan fingerprint density at radius 1 is 1.09 bits per heavy atom. The number of aromatic nitrogens is 2. The highest BCUT2D eigenvalue weighted by Gasteiger charge is 2.24. The summed E-state index contributed by atoms with van der Waals surface area (Å²) in [5.74, 6) is 1.70. The van der Waals surface area contributed by atoms with Crippen molar-refractivity contribution in [3.8, 4) is 11.5 Å². The molecule has 0 radical (unpaired) electrons. The van der Waals surface area contributed by atoms with Crippen molar-refractivity contribution in [3.05, 3.63) is 48.3 Å². The molecule has 1 aliphatic rings. The lowest BCUT2D eigenvalue weighted by molar-refractivity contribution is -0.142. The van der Waals surface area contributed by atoms with E-state index in [4.69, 9.17) is 14.2 Å². The van der Waals surface area contributed by atoms with Gasteiger partial charge in [0.05, 0.1) is 19.2 Å². The fourth-order valence-electron chi connectivity index (χ4n) is 3.39. The highest BCUT2D eigenvalue weighted by molar-refractivity contribution is 5.92. The third-order valence-corrected chi connectivity index (χ3v) is 5.10. The summed E-state index contributed by atoms with van der Waals surface area (Å²) >= 11 is 0. The van der Waals surface area contributed by atoms with Crippen molar-refractivity contribution in [2.75, 3.05) is 24.5 Å². The van der Waals surface area contributed by atoms with E-state index in [1.54, 1.807) is 18.2 Å². The lowest BCUT2D eigenvalue weighted by atomic mass is 10.0. The number of carbonyl (C=O) groups is 2. The minimum atomic E-state index is -0.580. The third kappa shape index (κ3) is 5.05. The first-order valence-electron chi connectivity index (χ1n) is 10.5. The van der Waals surface area contributed by atoms with E-state index in [0.717, 1.165) is 5.39 Å². The lowest BCUT2D eigenvalue weighted by Crippen LogP contribution is -2.36. The number of carbonyl (C=O) groups excluding carboxylic acids is 2. The molecule has 10 nitrogen and oxygen atoms in total. The van der Waals surface area contributed by atoms with Gasteiger partial charge in [0.2, 0.25) is 6.79 Å². The smallest absolute Gasteiger partial charge is 0.328 e. The van der Waals surface area contributed by atoms with Crippen LogP contribution < -0.4 is 25.4 Å². The molecule has 172 valence electrons. The molecule has 2 heterocycles. The summed E-state index contributed by atoms with van der Waals surface area (Å²) < 4.78 is 15.5. The maximum Gasteiger partial charge on any atom is 0.328 e. The fourth-order valence-corrected chi connectivity index (χ4v) is 3.39. The molecule has 33 heavy (non-hydrogen) atoms. The summed E-state index contributed by atoms with van der Waals surface area (Å²) in [5.41, 5.74) is 1.26. The zero-order valence-corrected chi connectivity index (χ0v) is 18.5. The van der Waals surface area contributed by atoms with Gasteiger partial charge in [-0.05, 0) is 30.2 Å². The molecule has 2 amide bonds. The van der Waals surface area contributed by atoms with Gasteiger partial charge < -0.3 is 30.2 Å². The van der Waals surface area contributed by atoms with Gasteiger partial charge in [-0.1, -0.05) is 26.0 Å². The number of esters is 1. The van der Waals surface area contributed by atoms with Crippen LogP contribution in [0.5, 0.6) is 11.5 Å². The van der Waals surface area contributed by atoms with Crippen molar-refractivity contribution in [1.82, 2.24) is 15.3 Å². The molecule has 0 saturated carbocycles. The molecule has 0 unspecified atom stereocenters. The zero-order chi connectivity index (χ0) is 23.4. The van der Waals surface area contributed by atoms with Crippen LogP contribution in [-0.2, 0) is 16.1 Å². The Morgan fingerprint density at radius 2 is 1.88 bits per heavy atom. The Labute approximate surface area is 190 Å². The second-order valence-electron chi connectivity index (χ2n) is 7.77. The van der Waals surface area contributed by atoms with Gasteiger partial charge in [-0.3, -0.25) is 0 Å². The second kappa shape index (κ2) is 9.60. The molecule has 3 N–H and O–H groups in total. The molecule has 2 aromatic carbocycles. The second-order valence-corrected chi connectivity index (χ2v) is 7.77. The van der Waals surface area contributed by atoms with Crippen LogP contribution in [0.3, 0.4) is 0 Å². The highest BCUT2D eigenvalue weighted by atomic mass is 16.7. The topological polar surface area (TPSA) is 124 Å². The molecule has 0 saturated heterocycles. The Balaban J connectivity index is 1.49. The van der Waals surface area contributed by atoms with Crippen molar-refractivity contribution in [3.63, 3.8) is 0 Å². The number of nitrogens with zero attached hydrogens (tertiary/aromatic N) is 2. The van der Waals surface area contributed by atoms with E-state index in [1.807, 2.05) is 38.1 Å². The van der Waals surface area contributed by atoms with Crippen LogP contribution in [0.15, 0.2) is 42.5 Å². The molecule has 0 aliphatic carbocycles. The van der Waals surface area contributed by atoms with Gasteiger partial charge in [0.25, 0.3) is 0 Å². The van der Waals surface area contributed by atoms with Crippen LogP contribution in [0.25, 0.3) is 10.9 Å². The number of methoxy groups -OCH3 is 1. The minimum absolute atomic E-state index is 0.0276. The molecule has 0 fully saturated rings. The van der Waals surface area contributed by atoms with E-state index in [0.29, 0.717) is 34.3 Å². The molecule has 4 rings (SSSR count). The first kappa shape index (κ1) is 22.1. The SMILES string of the molecule is COC(=O)[C@@H](Nc1nc(CNC(=O)Nc2ccc3c(c2)OCO3)nc2ccccc12)C(C)C. The van der Waals surface area contributed by atoms with Gasteiger partial charge in [0, 0.05) is 17.1 Å². The predicted molar refractivity (Wildman–Crippen MR) is 122 cm³/mol. The van der Waals surface area contributed by atoms with Gasteiger partial charge in [0.15, 0.2) is 17.3 Å². The van der Waals surface area contributed by atoms with E-state index in [-0.39, 0.29) is 25.2 Å². The first-order valence-corrected chi connectivity index (χ1v) is 10.5. The first-order chi connectivity index (χ1) is 15.9. The summed E-state index contributed by atoms with van der Waals surface area (Å²) in [6.45, 7) is 4.08. The number of urea groups is 1. The van der Waals surface area contributed by atoms with Crippen molar-refractivity contribution in [2.24, 2.45) is 5.92 Å². The number of fused-ring (bicyclic) bond motifs is 2. The van der Waals surface area contributed by atoms with Crippen LogP contribution >= 0.6 is 0 Å². The number of benzene rings is 2. The molecule has 1 aliphatic heterocycles. The summed E-state index contributed by atoms with van der Waals surface area (Å²) in [5, 5.41) is 9.44. The molecule has 0 bridgehead atoms. The molecule has 1 atom stereocenters. The van der Waals surface area contributed by atoms with E-state index < -0.39 is 12.1 Å². The summed E-state index contributed by atoms with van der Waals surface area (Å²) in [7, 11) is 1.35. The summed E-state index contributed by atoms with van der Waals surface area (Å²) in [6, 6.07) is 11.6. The van der Waals surface area contributed by atoms with E-state index in [9.17, 15) is 9.59 Å². The van der Waals surface area contributed by atoms with Crippen molar-refractivity contribution >= 4 is 34.4 Å². The van der Waals surface area contributed by atoms with Crippen LogP contribution in [-0.4, -0.2) is 41.9 Å². The average Bonchev–Trinajstić information content (AvgIpc) is 3.28. The van der Waals surface area contributed by atoms with Crippen LogP contribution in [0.4, 0.5) is 16.3 Å². The Kier molecular flexibility index (Phi) is 6.43. The van der Waals surface area contributed by atoms with Crippen LogP contribution in [0.1, 0.15) is 19.7 Å². The standard InChI is InChI=1S/C23H25N5O5/c1-13(2)20(22(29)31-3)28-21-15-6-4-5-7-16(15)26-19(27-21)11-24-23(30)25-14-8-9-17-18(10-14)33-12-32-17/h4-10,13,20H,11-12H2,1-3H3,(H2,24,25,30)(H,26,27,28)/t20-/m0/s1. The largest absolute Gasteiger partial charge is 0.467 e. The quantitative estimate of drug-likeness (QED) is 0.468. The van der Waals surface area contributed by atoms with Crippen molar-refractivity contribution in [2.45, 2.75) is 26.4 Å². The monoisotopic (exact) mass is 451 g/mol. The number of amides is 2. The van der Waals surface area contributed by atoms with Gasteiger partial charge in [0.1, 0.15) is 11.9 Å². The van der Waals surface area contributed by atoms with E-state index in [2.05, 4.69) is 25.9 Å². The lowest BCUT2D eigenvalue weighted by Gasteiger charge is -2.21. The van der Waals surface area contributed by atoms with E-state index >= 15 is 0 Å². The highest BCUT2D eigenvalue weighted by Crippen LogP contribution is 2.34. The summed E-state index contributed by atoms with van der Waals surface area (Å²) in [6.07, 6.45) is 0. The average molecular weight is 451 g/mol. The van der Waals surface area contributed by atoms with Gasteiger partial charge >= 0.3 is 12.0 Å². The van der Waals surface area contributed by atoms with Crippen LogP contribution in [0.2, 0.25) is 0 Å².